The molecule has 3 rings (SSSR count). The van der Waals surface area contributed by atoms with Crippen molar-refractivity contribution in [3.8, 4) is 17.2 Å². The van der Waals surface area contributed by atoms with Crippen LogP contribution in [0.3, 0.4) is 0 Å². The van der Waals surface area contributed by atoms with Crippen LogP contribution in [0.1, 0.15) is 18.2 Å². The fraction of sp³-hybridized carbons (Fsp3) is 0.263. The van der Waals surface area contributed by atoms with Crippen LogP contribution in [0, 0.1) is 0 Å². The molecular formula is C19H20N2O4. The lowest BCUT2D eigenvalue weighted by Crippen LogP contribution is -2.24. The Morgan fingerprint density at radius 3 is 2.12 bits per heavy atom. The molecule has 0 aliphatic heterocycles. The van der Waals surface area contributed by atoms with E-state index < -0.39 is 5.60 Å². The van der Waals surface area contributed by atoms with Crippen LogP contribution >= 0.6 is 0 Å². The van der Waals surface area contributed by atoms with E-state index in [2.05, 4.69) is 9.97 Å². The van der Waals surface area contributed by atoms with E-state index in [0.717, 1.165) is 5.75 Å². The van der Waals surface area contributed by atoms with Crippen molar-refractivity contribution in [2.45, 2.75) is 12.5 Å². The van der Waals surface area contributed by atoms with Gasteiger partial charge in [0.2, 0.25) is 0 Å². The molecule has 6 nitrogen and oxygen atoms in total. The van der Waals surface area contributed by atoms with Crippen molar-refractivity contribution in [1.82, 2.24) is 9.97 Å². The first kappa shape index (κ1) is 17.0. The quantitative estimate of drug-likeness (QED) is 0.770. The molecule has 0 radical (unpaired) electrons. The van der Waals surface area contributed by atoms with E-state index in [4.69, 9.17) is 14.2 Å². The molecular weight excluding hydrogens is 320 g/mol. The summed E-state index contributed by atoms with van der Waals surface area (Å²) in [6.45, 7) is 1.70. The Balaban J connectivity index is 2.18. The van der Waals surface area contributed by atoms with Gasteiger partial charge in [-0.1, -0.05) is 12.1 Å². The number of aliphatic hydroxyl groups is 1. The van der Waals surface area contributed by atoms with Crippen LogP contribution in [-0.2, 0) is 5.60 Å². The van der Waals surface area contributed by atoms with Crippen LogP contribution < -0.4 is 14.2 Å². The van der Waals surface area contributed by atoms with Gasteiger partial charge in [-0.15, -0.1) is 0 Å². The summed E-state index contributed by atoms with van der Waals surface area (Å²) in [5, 5.41) is 11.9. The Bertz CT molecular complexity index is 892. The van der Waals surface area contributed by atoms with Gasteiger partial charge in [0.25, 0.3) is 0 Å². The summed E-state index contributed by atoms with van der Waals surface area (Å²) in [4.78, 5) is 8.62. The lowest BCUT2D eigenvalue weighted by molar-refractivity contribution is 0.0989. The maximum absolute atomic E-state index is 11.2. The van der Waals surface area contributed by atoms with Gasteiger partial charge in [-0.25, -0.2) is 9.97 Å². The maximum atomic E-state index is 11.2. The summed E-state index contributed by atoms with van der Waals surface area (Å²) < 4.78 is 15.9. The molecule has 2 aromatic carbocycles. The second-order valence-corrected chi connectivity index (χ2v) is 5.75. The minimum Gasteiger partial charge on any atom is -0.497 e. The highest BCUT2D eigenvalue weighted by molar-refractivity contribution is 5.85. The number of fused-ring (bicyclic) bond motifs is 1. The summed E-state index contributed by atoms with van der Waals surface area (Å²) in [6.07, 6.45) is 1.43. The third-order valence-corrected chi connectivity index (χ3v) is 4.25. The zero-order chi connectivity index (χ0) is 18.0. The minimum atomic E-state index is -1.31. The smallest absolute Gasteiger partial charge is 0.162 e. The number of hydrogen-bond donors (Lipinski definition) is 1. The molecule has 0 bridgehead atoms. The highest BCUT2D eigenvalue weighted by Crippen LogP contribution is 2.37. The van der Waals surface area contributed by atoms with Gasteiger partial charge >= 0.3 is 0 Å². The highest BCUT2D eigenvalue weighted by atomic mass is 16.5. The van der Waals surface area contributed by atoms with E-state index in [-0.39, 0.29) is 0 Å². The molecule has 1 N–H and O–H groups in total. The van der Waals surface area contributed by atoms with E-state index in [1.807, 2.05) is 12.1 Å². The van der Waals surface area contributed by atoms with Gasteiger partial charge in [0.05, 0.1) is 32.5 Å². The predicted molar refractivity (Wildman–Crippen MR) is 94.3 cm³/mol. The van der Waals surface area contributed by atoms with E-state index in [0.29, 0.717) is 33.7 Å². The molecule has 0 spiro atoms. The molecule has 0 saturated heterocycles. The fourth-order valence-corrected chi connectivity index (χ4v) is 2.82. The van der Waals surface area contributed by atoms with Crippen LogP contribution in [0.5, 0.6) is 17.2 Å². The normalized spacial score (nSPS) is 13.3. The van der Waals surface area contributed by atoms with Gasteiger partial charge in [-0.3, -0.25) is 0 Å². The van der Waals surface area contributed by atoms with Crippen molar-refractivity contribution < 1.29 is 19.3 Å². The Labute approximate surface area is 146 Å². The summed E-state index contributed by atoms with van der Waals surface area (Å²) in [7, 11) is 4.73. The van der Waals surface area contributed by atoms with E-state index in [1.165, 1.54) is 6.33 Å². The van der Waals surface area contributed by atoms with E-state index in [1.54, 1.807) is 52.5 Å². The number of methoxy groups -OCH3 is 3. The summed E-state index contributed by atoms with van der Waals surface area (Å²) in [6, 6.07) is 10.8. The minimum absolute atomic E-state index is 0.489. The van der Waals surface area contributed by atoms with Gasteiger partial charge in [0.1, 0.15) is 17.7 Å². The third kappa shape index (κ3) is 2.96. The second-order valence-electron chi connectivity index (χ2n) is 5.75. The number of nitrogens with zero attached hydrogens (tertiary/aromatic N) is 2. The van der Waals surface area contributed by atoms with Crippen LogP contribution in [0.15, 0.2) is 42.7 Å². The molecule has 1 aromatic heterocycles. The molecule has 0 fully saturated rings. The molecule has 0 saturated carbocycles. The summed E-state index contributed by atoms with van der Waals surface area (Å²) in [5.74, 6) is 1.85. The molecule has 0 amide bonds. The Morgan fingerprint density at radius 1 is 0.880 bits per heavy atom. The van der Waals surface area contributed by atoms with Crippen molar-refractivity contribution >= 4 is 10.9 Å². The average Bonchev–Trinajstić information content (AvgIpc) is 2.66. The van der Waals surface area contributed by atoms with Crippen molar-refractivity contribution in [3.63, 3.8) is 0 Å². The van der Waals surface area contributed by atoms with Crippen LogP contribution in [-0.4, -0.2) is 36.4 Å². The zero-order valence-electron chi connectivity index (χ0n) is 14.6. The number of aromatic nitrogens is 2. The van der Waals surface area contributed by atoms with Crippen molar-refractivity contribution in [2.75, 3.05) is 21.3 Å². The molecule has 130 valence electrons. The molecule has 0 aliphatic carbocycles. The predicted octanol–water partition coefficient (Wildman–Crippen LogP) is 2.91. The topological polar surface area (TPSA) is 73.7 Å². The molecule has 25 heavy (non-hydrogen) atoms. The number of ether oxygens (including phenoxy) is 3. The van der Waals surface area contributed by atoms with Crippen molar-refractivity contribution in [3.05, 3.63) is 54.0 Å². The van der Waals surface area contributed by atoms with Gasteiger partial charge < -0.3 is 19.3 Å². The molecule has 1 heterocycles. The lowest BCUT2D eigenvalue weighted by atomic mass is 9.90. The van der Waals surface area contributed by atoms with Crippen LogP contribution in [0.2, 0.25) is 0 Å². The van der Waals surface area contributed by atoms with Crippen LogP contribution in [0.25, 0.3) is 10.9 Å². The molecule has 3 aromatic rings. The number of hydrogen-bond acceptors (Lipinski definition) is 6. The first-order valence-corrected chi connectivity index (χ1v) is 7.75. The first-order chi connectivity index (χ1) is 12.0. The van der Waals surface area contributed by atoms with E-state index in [9.17, 15) is 5.11 Å². The standard InChI is InChI=1S/C19H20N2O4/c1-19(22,12-5-7-13(23-2)8-6-12)18-14-9-16(24-3)17(25-4)10-15(14)20-11-21-18/h5-11,22H,1-4H3. The van der Waals surface area contributed by atoms with E-state index >= 15 is 0 Å². The molecule has 1 unspecified atom stereocenters. The van der Waals surface area contributed by atoms with Gasteiger partial charge in [0.15, 0.2) is 11.5 Å². The van der Waals surface area contributed by atoms with Crippen LogP contribution in [0.4, 0.5) is 0 Å². The SMILES string of the molecule is COc1ccc(C(C)(O)c2ncnc3cc(OC)c(OC)cc23)cc1. The van der Waals surface area contributed by atoms with Crippen molar-refractivity contribution in [1.29, 1.82) is 0 Å². The first-order valence-electron chi connectivity index (χ1n) is 7.75. The monoisotopic (exact) mass is 340 g/mol. The summed E-state index contributed by atoms with van der Waals surface area (Å²) >= 11 is 0. The highest BCUT2D eigenvalue weighted by Gasteiger charge is 2.30. The van der Waals surface area contributed by atoms with Gasteiger partial charge in [0, 0.05) is 11.5 Å². The Morgan fingerprint density at radius 2 is 1.52 bits per heavy atom. The number of rotatable bonds is 5. The fourth-order valence-electron chi connectivity index (χ4n) is 2.82. The Kier molecular flexibility index (Phi) is 4.46. The Hall–Kier alpha value is -2.86. The zero-order valence-corrected chi connectivity index (χ0v) is 14.6. The average molecular weight is 340 g/mol. The molecule has 1 atom stereocenters. The molecule has 6 heteroatoms. The van der Waals surface area contributed by atoms with Gasteiger partial charge in [-0.2, -0.15) is 0 Å². The third-order valence-electron chi connectivity index (χ3n) is 4.25. The second kappa shape index (κ2) is 6.57. The maximum Gasteiger partial charge on any atom is 0.162 e. The largest absolute Gasteiger partial charge is 0.497 e. The molecule has 0 aliphatic rings. The summed E-state index contributed by atoms with van der Waals surface area (Å²) in [5.41, 5.74) is 0.538. The van der Waals surface area contributed by atoms with Crippen molar-refractivity contribution in [2.24, 2.45) is 0 Å². The lowest BCUT2D eigenvalue weighted by Gasteiger charge is -2.25. The van der Waals surface area contributed by atoms with Gasteiger partial charge in [-0.05, 0) is 30.7 Å². The number of benzene rings is 2.